The van der Waals surface area contributed by atoms with Crippen molar-refractivity contribution < 1.29 is 9.13 Å². The number of hydrogen-bond acceptors (Lipinski definition) is 3. The van der Waals surface area contributed by atoms with Crippen molar-refractivity contribution in [2.45, 2.75) is 12.5 Å². The van der Waals surface area contributed by atoms with Crippen molar-refractivity contribution in [1.82, 2.24) is 10.3 Å². The Kier molecular flexibility index (Phi) is 4.48. The average Bonchev–Trinajstić information content (AvgIpc) is 2.52. The van der Waals surface area contributed by atoms with Gasteiger partial charge in [0.15, 0.2) is 0 Å². The van der Waals surface area contributed by atoms with Crippen molar-refractivity contribution in [3.63, 3.8) is 0 Å². The quantitative estimate of drug-likeness (QED) is 0.946. The molecule has 1 fully saturated rings. The van der Waals surface area contributed by atoms with Crippen LogP contribution in [0, 0.1) is 5.82 Å². The molecular weight excluding hydrogens is 291 g/mol. The summed E-state index contributed by atoms with van der Waals surface area (Å²) in [5.41, 5.74) is 2.28. The monoisotopic (exact) mass is 306 g/mol. The summed E-state index contributed by atoms with van der Waals surface area (Å²) in [6.45, 7) is 2.22. The molecule has 21 heavy (non-hydrogen) atoms. The Balaban J connectivity index is 1.76. The minimum atomic E-state index is -0.224. The molecule has 2 aromatic rings. The Bertz CT molecular complexity index is 612. The smallest absolute Gasteiger partial charge is 0.127 e. The van der Waals surface area contributed by atoms with Crippen molar-refractivity contribution in [1.29, 1.82) is 0 Å². The van der Waals surface area contributed by atoms with Crippen molar-refractivity contribution >= 4 is 11.6 Å². The Morgan fingerprint density at radius 2 is 2.24 bits per heavy atom. The fourth-order valence-corrected chi connectivity index (χ4v) is 2.50. The molecule has 1 atom stereocenters. The molecule has 1 saturated heterocycles. The summed E-state index contributed by atoms with van der Waals surface area (Å²) < 4.78 is 19.9. The molecule has 5 heteroatoms. The number of aromatic nitrogens is 1. The summed E-state index contributed by atoms with van der Waals surface area (Å²) in [7, 11) is 0. The van der Waals surface area contributed by atoms with E-state index >= 15 is 0 Å². The largest absolute Gasteiger partial charge is 0.371 e. The molecule has 1 aliphatic heterocycles. The summed E-state index contributed by atoms with van der Waals surface area (Å²) in [4.78, 5) is 4.19. The van der Waals surface area contributed by atoms with E-state index < -0.39 is 0 Å². The second kappa shape index (κ2) is 6.52. The SMILES string of the molecule is Fc1cc(C2CNCCO2)ccc1Cc1ccc(Cl)cn1. The lowest BCUT2D eigenvalue weighted by Crippen LogP contribution is -2.33. The molecule has 1 unspecified atom stereocenters. The number of nitrogens with one attached hydrogen (secondary N) is 1. The molecule has 1 N–H and O–H groups in total. The lowest BCUT2D eigenvalue weighted by atomic mass is 10.0. The lowest BCUT2D eigenvalue weighted by Gasteiger charge is -2.24. The fraction of sp³-hybridized carbons (Fsp3) is 0.312. The number of halogens is 2. The standard InChI is InChI=1S/C16H16ClFN2O/c17-13-3-4-14(20-9-13)7-11-1-2-12(8-15(11)18)16-10-19-5-6-21-16/h1-4,8-9,16,19H,5-7,10H2. The molecule has 3 nitrogen and oxygen atoms in total. The van der Waals surface area contributed by atoms with E-state index in [2.05, 4.69) is 10.3 Å². The highest BCUT2D eigenvalue weighted by Crippen LogP contribution is 2.22. The summed E-state index contributed by atoms with van der Waals surface area (Å²) in [5, 5.41) is 3.82. The summed E-state index contributed by atoms with van der Waals surface area (Å²) in [6.07, 6.45) is 1.95. The molecule has 110 valence electrons. The molecule has 0 aliphatic carbocycles. The van der Waals surface area contributed by atoms with Gasteiger partial charge in [-0.2, -0.15) is 0 Å². The zero-order chi connectivity index (χ0) is 14.7. The first-order valence-electron chi connectivity index (χ1n) is 6.93. The van der Waals surface area contributed by atoms with Crippen molar-refractivity contribution in [2.75, 3.05) is 19.7 Å². The van der Waals surface area contributed by atoms with Gasteiger partial charge in [0.25, 0.3) is 0 Å². The predicted molar refractivity (Wildman–Crippen MR) is 80.0 cm³/mol. The lowest BCUT2D eigenvalue weighted by molar-refractivity contribution is 0.0275. The van der Waals surface area contributed by atoms with E-state index in [-0.39, 0.29) is 11.9 Å². The summed E-state index contributed by atoms with van der Waals surface area (Å²) in [5.74, 6) is -0.224. The van der Waals surface area contributed by atoms with Crippen LogP contribution >= 0.6 is 11.6 Å². The Hall–Kier alpha value is -1.49. The first-order chi connectivity index (χ1) is 10.2. The number of ether oxygens (including phenoxy) is 1. The first-order valence-corrected chi connectivity index (χ1v) is 7.31. The van der Waals surface area contributed by atoms with Crippen LogP contribution in [0.4, 0.5) is 4.39 Å². The predicted octanol–water partition coefficient (Wildman–Crippen LogP) is 3.13. The number of hydrogen-bond donors (Lipinski definition) is 1. The van der Waals surface area contributed by atoms with Crippen LogP contribution in [0.2, 0.25) is 5.02 Å². The van der Waals surface area contributed by atoms with Crippen LogP contribution in [0.1, 0.15) is 22.9 Å². The number of pyridine rings is 1. The van der Waals surface area contributed by atoms with Gasteiger partial charge in [-0.15, -0.1) is 0 Å². The number of morpholine rings is 1. The first kappa shape index (κ1) is 14.4. The van der Waals surface area contributed by atoms with Gasteiger partial charge in [-0.1, -0.05) is 23.7 Å². The van der Waals surface area contributed by atoms with Gasteiger partial charge < -0.3 is 10.1 Å². The topological polar surface area (TPSA) is 34.1 Å². The molecule has 3 rings (SSSR count). The van der Waals surface area contributed by atoms with Gasteiger partial charge in [0.1, 0.15) is 5.82 Å². The van der Waals surface area contributed by atoms with Crippen LogP contribution in [-0.2, 0) is 11.2 Å². The molecule has 0 bridgehead atoms. The van der Waals surface area contributed by atoms with Crippen molar-refractivity contribution in [3.8, 4) is 0 Å². The second-order valence-electron chi connectivity index (χ2n) is 5.06. The van der Waals surface area contributed by atoms with E-state index in [1.807, 2.05) is 12.1 Å². The van der Waals surface area contributed by atoms with E-state index in [0.29, 0.717) is 23.6 Å². The number of nitrogens with zero attached hydrogens (tertiary/aromatic N) is 1. The maximum Gasteiger partial charge on any atom is 0.127 e. The van der Waals surface area contributed by atoms with E-state index in [1.54, 1.807) is 24.4 Å². The Morgan fingerprint density at radius 3 is 2.90 bits per heavy atom. The van der Waals surface area contributed by atoms with Gasteiger partial charge in [-0.25, -0.2) is 4.39 Å². The van der Waals surface area contributed by atoms with Gasteiger partial charge >= 0.3 is 0 Å². The summed E-state index contributed by atoms with van der Waals surface area (Å²) >= 11 is 5.80. The molecule has 0 saturated carbocycles. The molecule has 0 amide bonds. The molecule has 2 heterocycles. The van der Waals surface area contributed by atoms with Crippen LogP contribution in [0.25, 0.3) is 0 Å². The minimum Gasteiger partial charge on any atom is -0.371 e. The van der Waals surface area contributed by atoms with Gasteiger partial charge in [0, 0.05) is 31.4 Å². The third-order valence-electron chi connectivity index (χ3n) is 3.54. The van der Waals surface area contributed by atoms with E-state index in [1.165, 1.54) is 0 Å². The molecule has 1 aromatic heterocycles. The highest BCUT2D eigenvalue weighted by atomic mass is 35.5. The average molecular weight is 307 g/mol. The second-order valence-corrected chi connectivity index (χ2v) is 5.50. The van der Waals surface area contributed by atoms with Gasteiger partial charge in [0.05, 0.1) is 17.7 Å². The zero-order valence-corrected chi connectivity index (χ0v) is 12.2. The fourth-order valence-electron chi connectivity index (χ4n) is 2.39. The van der Waals surface area contributed by atoms with E-state index in [0.717, 1.165) is 24.3 Å². The highest BCUT2D eigenvalue weighted by Gasteiger charge is 2.17. The number of benzene rings is 1. The summed E-state index contributed by atoms with van der Waals surface area (Å²) in [6, 6.07) is 8.86. The van der Waals surface area contributed by atoms with Crippen LogP contribution in [0.3, 0.4) is 0 Å². The molecule has 0 spiro atoms. The van der Waals surface area contributed by atoms with E-state index in [9.17, 15) is 4.39 Å². The zero-order valence-electron chi connectivity index (χ0n) is 11.5. The molecular formula is C16H16ClFN2O. The Morgan fingerprint density at radius 1 is 1.33 bits per heavy atom. The third kappa shape index (κ3) is 3.59. The van der Waals surface area contributed by atoms with Gasteiger partial charge in [-0.3, -0.25) is 4.98 Å². The Labute approximate surface area is 128 Å². The molecule has 0 radical (unpaired) electrons. The number of rotatable bonds is 3. The highest BCUT2D eigenvalue weighted by molar-refractivity contribution is 6.30. The minimum absolute atomic E-state index is 0.0732. The third-order valence-corrected chi connectivity index (χ3v) is 3.76. The van der Waals surface area contributed by atoms with Crippen molar-refractivity contribution in [3.05, 3.63) is 64.2 Å². The molecule has 1 aromatic carbocycles. The molecule has 1 aliphatic rings. The van der Waals surface area contributed by atoms with Crippen LogP contribution in [0.15, 0.2) is 36.5 Å². The van der Waals surface area contributed by atoms with Gasteiger partial charge in [0.2, 0.25) is 0 Å². The van der Waals surface area contributed by atoms with E-state index in [4.69, 9.17) is 16.3 Å². The van der Waals surface area contributed by atoms with Crippen LogP contribution < -0.4 is 5.32 Å². The van der Waals surface area contributed by atoms with Crippen LogP contribution in [-0.4, -0.2) is 24.7 Å². The van der Waals surface area contributed by atoms with Gasteiger partial charge in [-0.05, 0) is 29.3 Å². The van der Waals surface area contributed by atoms with Crippen LogP contribution in [0.5, 0.6) is 0 Å². The van der Waals surface area contributed by atoms with Crippen molar-refractivity contribution in [2.24, 2.45) is 0 Å². The maximum absolute atomic E-state index is 14.2. The normalized spacial score (nSPS) is 18.7. The maximum atomic E-state index is 14.2.